The molecule has 3 heterocycles. The fourth-order valence-electron chi connectivity index (χ4n) is 3.38. The van der Waals surface area contributed by atoms with Gasteiger partial charge in [0.15, 0.2) is 5.82 Å². The van der Waals surface area contributed by atoms with Crippen LogP contribution in [0.25, 0.3) is 10.9 Å². The van der Waals surface area contributed by atoms with E-state index in [-0.39, 0.29) is 12.3 Å². The number of ether oxygens (including phenoxy) is 1. The number of aromatic amines is 1. The fourth-order valence-corrected chi connectivity index (χ4v) is 3.38. The van der Waals surface area contributed by atoms with Gasteiger partial charge in [0.05, 0.1) is 17.6 Å². The number of hydrogen-bond donors (Lipinski definition) is 2. The summed E-state index contributed by atoms with van der Waals surface area (Å²) in [6.07, 6.45) is 2.19. The van der Waals surface area contributed by atoms with Crippen molar-refractivity contribution in [3.05, 3.63) is 41.7 Å². The van der Waals surface area contributed by atoms with Gasteiger partial charge in [-0.3, -0.25) is 14.6 Å². The van der Waals surface area contributed by atoms with E-state index in [2.05, 4.69) is 20.6 Å². The van der Waals surface area contributed by atoms with E-state index in [0.717, 1.165) is 48.3 Å². The average Bonchev–Trinajstić information content (AvgIpc) is 3.21. The molecule has 0 atom stereocenters. The molecular weight excluding hydrogens is 318 g/mol. The summed E-state index contributed by atoms with van der Waals surface area (Å²) in [6.45, 7) is 1.55. The molecule has 0 aliphatic carbocycles. The minimum absolute atomic E-state index is 0.117. The minimum atomic E-state index is -0.117. The number of aryl methyl sites for hydroxylation is 1. The first-order valence-corrected chi connectivity index (χ1v) is 8.54. The van der Waals surface area contributed by atoms with Crippen molar-refractivity contribution in [3.8, 4) is 0 Å². The summed E-state index contributed by atoms with van der Waals surface area (Å²) < 4.78 is 7.18. The van der Waals surface area contributed by atoms with Crippen molar-refractivity contribution in [3.63, 3.8) is 0 Å². The van der Waals surface area contributed by atoms with Crippen molar-refractivity contribution in [2.24, 2.45) is 7.05 Å². The molecule has 7 heteroatoms. The topological polar surface area (TPSA) is 84.8 Å². The number of carbonyl (C=O) groups is 1. The number of fused-ring (bicyclic) bond motifs is 1. The van der Waals surface area contributed by atoms with Crippen molar-refractivity contribution < 1.29 is 9.53 Å². The summed E-state index contributed by atoms with van der Waals surface area (Å²) in [6, 6.07) is 9.83. The lowest BCUT2D eigenvalue weighted by Gasteiger charge is -2.20. The Labute approximate surface area is 145 Å². The van der Waals surface area contributed by atoms with E-state index in [9.17, 15) is 4.79 Å². The minimum Gasteiger partial charge on any atom is -0.381 e. The van der Waals surface area contributed by atoms with E-state index in [4.69, 9.17) is 4.74 Å². The van der Waals surface area contributed by atoms with Crippen LogP contribution in [0.3, 0.4) is 0 Å². The number of nitrogens with zero attached hydrogens (tertiary/aromatic N) is 3. The molecule has 1 aliphatic heterocycles. The van der Waals surface area contributed by atoms with Gasteiger partial charge in [-0.2, -0.15) is 10.2 Å². The van der Waals surface area contributed by atoms with Crippen molar-refractivity contribution in [1.29, 1.82) is 0 Å². The maximum Gasteiger partial charge on any atom is 0.231 e. The highest BCUT2D eigenvalue weighted by Gasteiger charge is 2.19. The maximum atomic E-state index is 12.4. The molecule has 0 saturated carbocycles. The van der Waals surface area contributed by atoms with Crippen LogP contribution in [0.2, 0.25) is 0 Å². The zero-order valence-corrected chi connectivity index (χ0v) is 14.2. The molecule has 130 valence electrons. The molecule has 25 heavy (non-hydrogen) atoms. The summed E-state index contributed by atoms with van der Waals surface area (Å²) in [5.74, 6) is 0.868. The predicted molar refractivity (Wildman–Crippen MR) is 94.4 cm³/mol. The molecule has 3 aromatic rings. The van der Waals surface area contributed by atoms with Gasteiger partial charge in [-0.15, -0.1) is 0 Å². The normalized spacial score (nSPS) is 15.6. The number of rotatable bonds is 4. The third-order valence-corrected chi connectivity index (χ3v) is 4.69. The molecule has 1 aromatic carbocycles. The second-order valence-corrected chi connectivity index (χ2v) is 6.41. The molecule has 1 fully saturated rings. The SMILES string of the molecule is Cn1nc(CC(=O)Nc2cc(C3CCOCC3)[nH]n2)c2ccccc21. The number of H-pyrrole nitrogens is 1. The lowest BCUT2D eigenvalue weighted by Crippen LogP contribution is -2.15. The highest BCUT2D eigenvalue weighted by Crippen LogP contribution is 2.26. The summed E-state index contributed by atoms with van der Waals surface area (Å²) >= 11 is 0. The Bertz CT molecular complexity index is 892. The van der Waals surface area contributed by atoms with Gasteiger partial charge < -0.3 is 10.1 Å². The molecule has 7 nitrogen and oxygen atoms in total. The number of carbonyl (C=O) groups excluding carboxylic acids is 1. The molecule has 1 amide bonds. The third-order valence-electron chi connectivity index (χ3n) is 4.69. The number of hydrogen-bond acceptors (Lipinski definition) is 4. The molecule has 0 bridgehead atoms. The van der Waals surface area contributed by atoms with E-state index >= 15 is 0 Å². The molecular formula is C18H21N5O2. The average molecular weight is 339 g/mol. The second kappa shape index (κ2) is 6.68. The largest absolute Gasteiger partial charge is 0.381 e. The number of aromatic nitrogens is 4. The predicted octanol–water partition coefficient (Wildman–Crippen LogP) is 2.37. The van der Waals surface area contributed by atoms with E-state index in [1.165, 1.54) is 0 Å². The second-order valence-electron chi connectivity index (χ2n) is 6.41. The number of anilines is 1. The zero-order valence-electron chi connectivity index (χ0n) is 14.2. The molecule has 2 N–H and O–H groups in total. The Morgan fingerprint density at radius 3 is 3.00 bits per heavy atom. The van der Waals surface area contributed by atoms with Crippen LogP contribution in [0.4, 0.5) is 5.82 Å². The summed E-state index contributed by atoms with van der Waals surface area (Å²) in [5, 5.41) is 15.6. The van der Waals surface area contributed by atoms with Gasteiger partial charge in [0.2, 0.25) is 5.91 Å². The van der Waals surface area contributed by atoms with Gasteiger partial charge in [0, 0.05) is 43.3 Å². The lowest BCUT2D eigenvalue weighted by atomic mass is 9.97. The zero-order chi connectivity index (χ0) is 17.2. The molecule has 4 rings (SSSR count). The van der Waals surface area contributed by atoms with E-state index in [0.29, 0.717) is 11.7 Å². The Morgan fingerprint density at radius 1 is 1.36 bits per heavy atom. The Balaban J connectivity index is 1.44. The number of benzene rings is 1. The molecule has 0 spiro atoms. The van der Waals surface area contributed by atoms with Crippen LogP contribution in [-0.4, -0.2) is 39.1 Å². The lowest BCUT2D eigenvalue weighted by molar-refractivity contribution is -0.115. The van der Waals surface area contributed by atoms with Gasteiger partial charge in [-0.05, 0) is 18.9 Å². The highest BCUT2D eigenvalue weighted by atomic mass is 16.5. The summed E-state index contributed by atoms with van der Waals surface area (Å²) in [4.78, 5) is 12.4. The van der Waals surface area contributed by atoms with Gasteiger partial charge in [-0.25, -0.2) is 0 Å². The van der Waals surface area contributed by atoms with Crippen molar-refractivity contribution in [1.82, 2.24) is 20.0 Å². The first kappa shape index (κ1) is 15.8. The quantitative estimate of drug-likeness (QED) is 0.764. The van der Waals surface area contributed by atoms with Crippen molar-refractivity contribution in [2.75, 3.05) is 18.5 Å². The van der Waals surface area contributed by atoms with Crippen LogP contribution >= 0.6 is 0 Å². The smallest absolute Gasteiger partial charge is 0.231 e. The Hall–Kier alpha value is -2.67. The van der Waals surface area contributed by atoms with Crippen LogP contribution in [0.1, 0.15) is 30.1 Å². The van der Waals surface area contributed by atoms with E-state index in [1.807, 2.05) is 37.4 Å². The van der Waals surface area contributed by atoms with Crippen LogP contribution in [0.15, 0.2) is 30.3 Å². The maximum absolute atomic E-state index is 12.4. The Morgan fingerprint density at radius 2 is 2.16 bits per heavy atom. The standard InChI is InChI=1S/C18H21N5O2/c1-23-16-5-3-2-4-13(16)15(22-23)11-18(24)19-17-10-14(20-21-17)12-6-8-25-9-7-12/h2-5,10,12H,6-9,11H2,1H3,(H2,19,20,21,24). The first-order valence-electron chi connectivity index (χ1n) is 8.54. The van der Waals surface area contributed by atoms with E-state index in [1.54, 1.807) is 4.68 Å². The van der Waals surface area contributed by atoms with Gasteiger partial charge in [0.1, 0.15) is 0 Å². The van der Waals surface area contributed by atoms with Crippen LogP contribution in [0, 0.1) is 0 Å². The number of para-hydroxylation sites is 1. The monoisotopic (exact) mass is 339 g/mol. The fraction of sp³-hybridized carbons (Fsp3) is 0.389. The number of amides is 1. The van der Waals surface area contributed by atoms with Crippen molar-refractivity contribution in [2.45, 2.75) is 25.2 Å². The van der Waals surface area contributed by atoms with Gasteiger partial charge >= 0.3 is 0 Å². The van der Waals surface area contributed by atoms with Crippen LogP contribution < -0.4 is 5.32 Å². The third kappa shape index (κ3) is 3.28. The molecule has 0 radical (unpaired) electrons. The Kier molecular flexibility index (Phi) is 4.23. The molecule has 0 unspecified atom stereocenters. The molecule has 1 saturated heterocycles. The van der Waals surface area contributed by atoms with Gasteiger partial charge in [0.25, 0.3) is 0 Å². The highest BCUT2D eigenvalue weighted by molar-refractivity contribution is 5.94. The van der Waals surface area contributed by atoms with Gasteiger partial charge in [-0.1, -0.05) is 18.2 Å². The first-order chi connectivity index (χ1) is 12.2. The molecule has 2 aromatic heterocycles. The number of nitrogens with one attached hydrogen (secondary N) is 2. The summed E-state index contributed by atoms with van der Waals surface area (Å²) in [5.41, 5.74) is 2.85. The van der Waals surface area contributed by atoms with Crippen LogP contribution in [0.5, 0.6) is 0 Å². The van der Waals surface area contributed by atoms with E-state index < -0.39 is 0 Å². The van der Waals surface area contributed by atoms with Crippen molar-refractivity contribution >= 4 is 22.6 Å². The van der Waals surface area contributed by atoms with Crippen LogP contribution in [-0.2, 0) is 23.0 Å². The summed E-state index contributed by atoms with van der Waals surface area (Å²) in [7, 11) is 1.89. The molecule has 1 aliphatic rings.